The van der Waals surface area contributed by atoms with E-state index in [1.165, 1.54) is 0 Å². The number of amides is 1. The lowest BCUT2D eigenvalue weighted by Crippen LogP contribution is -2.30. The second-order valence-corrected chi connectivity index (χ2v) is 6.54. The van der Waals surface area contributed by atoms with Crippen molar-refractivity contribution in [3.05, 3.63) is 53.3 Å². The molecule has 1 atom stereocenters. The standard InChI is InChI=1S/C20H25N3O4/c1-2-26-19(24)13-23-18-10-6-9-16(17(18)12-22-23)11-21-20(25)27-14-15-7-4-3-5-8-15/h3-5,7-8,12,16H,2,6,9-11,13-14H2,1H3,(H,21,25). The van der Waals surface area contributed by atoms with Gasteiger partial charge in [0.2, 0.25) is 0 Å². The number of fused-ring (bicyclic) bond motifs is 1. The minimum atomic E-state index is -0.426. The molecular formula is C20H25N3O4. The third-order valence-electron chi connectivity index (χ3n) is 4.68. The molecule has 144 valence electrons. The van der Waals surface area contributed by atoms with Gasteiger partial charge in [-0.1, -0.05) is 30.3 Å². The zero-order valence-corrected chi connectivity index (χ0v) is 15.5. The smallest absolute Gasteiger partial charge is 0.407 e. The molecule has 0 saturated heterocycles. The molecular weight excluding hydrogens is 346 g/mol. The number of carbonyl (C=O) groups is 2. The van der Waals surface area contributed by atoms with Crippen molar-refractivity contribution in [1.82, 2.24) is 15.1 Å². The first-order valence-electron chi connectivity index (χ1n) is 9.32. The van der Waals surface area contributed by atoms with E-state index in [1.54, 1.807) is 17.8 Å². The summed E-state index contributed by atoms with van der Waals surface area (Å²) in [5, 5.41) is 7.19. The summed E-state index contributed by atoms with van der Waals surface area (Å²) in [7, 11) is 0. The number of esters is 1. The van der Waals surface area contributed by atoms with E-state index in [0.717, 1.165) is 36.1 Å². The van der Waals surface area contributed by atoms with E-state index in [1.807, 2.05) is 30.3 Å². The molecule has 1 aliphatic rings. The third-order valence-corrected chi connectivity index (χ3v) is 4.68. The largest absolute Gasteiger partial charge is 0.465 e. The van der Waals surface area contributed by atoms with Crippen LogP contribution in [0.3, 0.4) is 0 Å². The van der Waals surface area contributed by atoms with Gasteiger partial charge in [0.25, 0.3) is 0 Å². The van der Waals surface area contributed by atoms with Crippen molar-refractivity contribution in [1.29, 1.82) is 0 Å². The van der Waals surface area contributed by atoms with Gasteiger partial charge in [0, 0.05) is 18.2 Å². The predicted molar refractivity (Wildman–Crippen MR) is 99.2 cm³/mol. The number of hydrogen-bond donors (Lipinski definition) is 1. The van der Waals surface area contributed by atoms with E-state index in [-0.39, 0.29) is 25.0 Å². The fourth-order valence-electron chi connectivity index (χ4n) is 3.37. The molecule has 0 fully saturated rings. The van der Waals surface area contributed by atoms with Crippen LogP contribution in [0.5, 0.6) is 0 Å². The molecule has 1 N–H and O–H groups in total. The lowest BCUT2D eigenvalue weighted by atomic mass is 9.87. The first kappa shape index (κ1) is 18.9. The van der Waals surface area contributed by atoms with Crippen molar-refractivity contribution in [3.8, 4) is 0 Å². The first-order valence-corrected chi connectivity index (χ1v) is 9.32. The van der Waals surface area contributed by atoms with Gasteiger partial charge >= 0.3 is 12.1 Å². The zero-order chi connectivity index (χ0) is 19.1. The molecule has 1 amide bonds. The lowest BCUT2D eigenvalue weighted by Gasteiger charge is -2.23. The maximum Gasteiger partial charge on any atom is 0.407 e. The molecule has 0 bridgehead atoms. The van der Waals surface area contributed by atoms with Gasteiger partial charge in [-0.05, 0) is 37.3 Å². The van der Waals surface area contributed by atoms with E-state index in [9.17, 15) is 9.59 Å². The summed E-state index contributed by atoms with van der Waals surface area (Å²) in [6.45, 7) is 3.02. The van der Waals surface area contributed by atoms with Gasteiger partial charge in [-0.2, -0.15) is 5.10 Å². The van der Waals surface area contributed by atoms with Crippen molar-refractivity contribution in [2.75, 3.05) is 13.2 Å². The Labute approximate surface area is 158 Å². The average Bonchev–Trinajstić information content (AvgIpc) is 3.09. The van der Waals surface area contributed by atoms with Crippen LogP contribution >= 0.6 is 0 Å². The molecule has 1 aromatic carbocycles. The van der Waals surface area contributed by atoms with Crippen LogP contribution in [-0.2, 0) is 33.8 Å². The number of hydrogen-bond acceptors (Lipinski definition) is 5. The molecule has 27 heavy (non-hydrogen) atoms. The van der Waals surface area contributed by atoms with E-state index in [4.69, 9.17) is 9.47 Å². The molecule has 0 spiro atoms. The van der Waals surface area contributed by atoms with Crippen LogP contribution in [0.2, 0.25) is 0 Å². The molecule has 1 aliphatic carbocycles. The second kappa shape index (κ2) is 9.21. The van der Waals surface area contributed by atoms with Gasteiger partial charge in [-0.3, -0.25) is 9.48 Å². The molecule has 2 aromatic rings. The summed E-state index contributed by atoms with van der Waals surface area (Å²) >= 11 is 0. The van der Waals surface area contributed by atoms with Crippen molar-refractivity contribution >= 4 is 12.1 Å². The Morgan fingerprint density at radius 3 is 2.85 bits per heavy atom. The van der Waals surface area contributed by atoms with Crippen LogP contribution in [0, 0.1) is 0 Å². The average molecular weight is 371 g/mol. The van der Waals surface area contributed by atoms with Crippen molar-refractivity contribution < 1.29 is 19.1 Å². The highest BCUT2D eigenvalue weighted by Gasteiger charge is 2.25. The Morgan fingerprint density at radius 1 is 1.26 bits per heavy atom. The van der Waals surface area contributed by atoms with Crippen LogP contribution in [0.4, 0.5) is 4.79 Å². The van der Waals surface area contributed by atoms with E-state index >= 15 is 0 Å². The summed E-state index contributed by atoms with van der Waals surface area (Å²) in [6.07, 6.45) is 4.22. The maximum absolute atomic E-state index is 12.0. The molecule has 0 aliphatic heterocycles. The Morgan fingerprint density at radius 2 is 2.07 bits per heavy atom. The van der Waals surface area contributed by atoms with E-state index in [2.05, 4.69) is 10.4 Å². The monoisotopic (exact) mass is 371 g/mol. The van der Waals surface area contributed by atoms with Crippen LogP contribution in [0.15, 0.2) is 36.5 Å². The van der Waals surface area contributed by atoms with Gasteiger partial charge in [0.15, 0.2) is 0 Å². The molecule has 3 rings (SSSR count). The summed E-state index contributed by atoms with van der Waals surface area (Å²) in [4.78, 5) is 23.7. The van der Waals surface area contributed by atoms with Crippen molar-refractivity contribution in [3.63, 3.8) is 0 Å². The summed E-state index contributed by atoms with van der Waals surface area (Å²) in [5.41, 5.74) is 3.10. The number of ether oxygens (including phenoxy) is 2. The Balaban J connectivity index is 1.52. The Bertz CT molecular complexity index is 773. The normalized spacial score (nSPS) is 15.7. The molecule has 7 heteroatoms. The molecule has 7 nitrogen and oxygen atoms in total. The highest BCUT2D eigenvalue weighted by Crippen LogP contribution is 2.31. The number of aromatic nitrogens is 2. The molecule has 0 radical (unpaired) electrons. The minimum Gasteiger partial charge on any atom is -0.465 e. The number of nitrogens with one attached hydrogen (secondary N) is 1. The van der Waals surface area contributed by atoms with Crippen LogP contribution in [0.25, 0.3) is 0 Å². The number of alkyl carbamates (subject to hydrolysis) is 1. The molecule has 1 unspecified atom stereocenters. The second-order valence-electron chi connectivity index (χ2n) is 6.54. The fraction of sp³-hybridized carbons (Fsp3) is 0.450. The summed E-state index contributed by atoms with van der Waals surface area (Å²) < 4.78 is 12.0. The van der Waals surface area contributed by atoms with E-state index in [0.29, 0.717) is 13.2 Å². The lowest BCUT2D eigenvalue weighted by molar-refractivity contribution is -0.144. The number of nitrogens with zero attached hydrogens (tertiary/aromatic N) is 2. The fourth-order valence-corrected chi connectivity index (χ4v) is 3.37. The Hall–Kier alpha value is -2.83. The number of carbonyl (C=O) groups excluding carboxylic acids is 2. The van der Waals surface area contributed by atoms with Crippen LogP contribution < -0.4 is 5.32 Å². The highest BCUT2D eigenvalue weighted by molar-refractivity contribution is 5.69. The van der Waals surface area contributed by atoms with Crippen molar-refractivity contribution in [2.45, 2.75) is 45.3 Å². The maximum atomic E-state index is 12.0. The van der Waals surface area contributed by atoms with Gasteiger partial charge in [-0.15, -0.1) is 0 Å². The quantitative estimate of drug-likeness (QED) is 0.757. The minimum absolute atomic E-state index is 0.127. The van der Waals surface area contributed by atoms with Crippen molar-refractivity contribution in [2.24, 2.45) is 0 Å². The first-order chi connectivity index (χ1) is 13.2. The third kappa shape index (κ3) is 5.09. The van der Waals surface area contributed by atoms with Gasteiger partial charge in [0.05, 0.1) is 12.8 Å². The summed E-state index contributed by atoms with van der Waals surface area (Å²) in [5.74, 6) is -0.109. The Kier molecular flexibility index (Phi) is 6.46. The molecule has 1 heterocycles. The van der Waals surface area contributed by atoms with Gasteiger partial charge in [0.1, 0.15) is 13.2 Å². The topological polar surface area (TPSA) is 82.5 Å². The van der Waals surface area contributed by atoms with E-state index < -0.39 is 6.09 Å². The van der Waals surface area contributed by atoms with Crippen LogP contribution in [0.1, 0.15) is 42.5 Å². The molecule has 1 aromatic heterocycles. The predicted octanol–water partition coefficient (Wildman–Crippen LogP) is 2.79. The number of rotatable bonds is 7. The van der Waals surface area contributed by atoms with Gasteiger partial charge < -0.3 is 14.8 Å². The molecule has 0 saturated carbocycles. The SMILES string of the molecule is CCOC(=O)Cn1ncc2c1CCCC2CNC(=O)OCc1ccccc1. The highest BCUT2D eigenvalue weighted by atomic mass is 16.5. The zero-order valence-electron chi connectivity index (χ0n) is 15.5. The van der Waals surface area contributed by atoms with Crippen LogP contribution in [-0.4, -0.2) is 35.0 Å². The summed E-state index contributed by atoms with van der Waals surface area (Å²) in [6, 6.07) is 9.58. The van der Waals surface area contributed by atoms with Gasteiger partial charge in [-0.25, -0.2) is 4.79 Å². The number of benzene rings is 1.